The number of hydrogen-bond acceptors (Lipinski definition) is 1. The average molecular weight is 174 g/mol. The van der Waals surface area contributed by atoms with Crippen LogP contribution in [0.2, 0.25) is 0 Å². The van der Waals surface area contributed by atoms with Crippen LogP contribution in [0.5, 0.6) is 0 Å². The van der Waals surface area contributed by atoms with Gasteiger partial charge in [-0.25, -0.2) is 0 Å². The van der Waals surface area contributed by atoms with Crippen LogP contribution in [0.15, 0.2) is 18.3 Å². The van der Waals surface area contributed by atoms with E-state index in [2.05, 4.69) is 35.9 Å². The van der Waals surface area contributed by atoms with E-state index in [-0.39, 0.29) is 0 Å². The lowest BCUT2D eigenvalue weighted by Crippen LogP contribution is -1.84. The number of aromatic nitrogens is 2. The van der Waals surface area contributed by atoms with E-state index >= 15 is 0 Å². The molecule has 2 aromatic rings. The summed E-state index contributed by atoms with van der Waals surface area (Å²) in [6.45, 7) is 6.38. The van der Waals surface area contributed by atoms with E-state index in [1.54, 1.807) is 0 Å². The molecule has 2 rings (SSSR count). The lowest BCUT2D eigenvalue weighted by Gasteiger charge is -1.97. The van der Waals surface area contributed by atoms with Crippen molar-refractivity contribution in [2.24, 2.45) is 0 Å². The Hall–Kier alpha value is -1.31. The first-order valence-electron chi connectivity index (χ1n) is 4.62. The molecule has 0 aliphatic heterocycles. The van der Waals surface area contributed by atoms with Crippen LogP contribution < -0.4 is 0 Å². The fraction of sp³-hybridized carbons (Fsp3) is 0.364. The highest BCUT2D eigenvalue weighted by atomic mass is 14.7. The zero-order valence-electron chi connectivity index (χ0n) is 8.26. The molecule has 0 amide bonds. The number of nitrogens with one attached hydrogen (secondary N) is 1. The molecule has 0 spiro atoms. The zero-order chi connectivity index (χ0) is 9.42. The first kappa shape index (κ1) is 8.30. The van der Waals surface area contributed by atoms with Crippen molar-refractivity contribution in [3.63, 3.8) is 0 Å². The van der Waals surface area contributed by atoms with E-state index < -0.39 is 0 Å². The lowest BCUT2D eigenvalue weighted by atomic mass is 10.1. The standard InChI is InChI=1S/C11H14N2/c1-7(2)10-5-9-6-12-8(3)4-11(9)13-10/h4-7,13H,1-3H3. The van der Waals surface area contributed by atoms with Crippen molar-refractivity contribution < 1.29 is 0 Å². The molecule has 0 bridgehead atoms. The number of aryl methyl sites for hydroxylation is 1. The zero-order valence-corrected chi connectivity index (χ0v) is 8.26. The van der Waals surface area contributed by atoms with Crippen molar-refractivity contribution in [2.45, 2.75) is 26.7 Å². The van der Waals surface area contributed by atoms with Gasteiger partial charge in [0.2, 0.25) is 0 Å². The van der Waals surface area contributed by atoms with Gasteiger partial charge < -0.3 is 4.98 Å². The molecular weight excluding hydrogens is 160 g/mol. The van der Waals surface area contributed by atoms with Gasteiger partial charge >= 0.3 is 0 Å². The third-order valence-electron chi connectivity index (χ3n) is 2.28. The summed E-state index contributed by atoms with van der Waals surface area (Å²) in [4.78, 5) is 7.66. The number of nitrogens with zero attached hydrogens (tertiary/aromatic N) is 1. The van der Waals surface area contributed by atoms with Crippen LogP contribution in [0, 0.1) is 6.92 Å². The number of rotatable bonds is 1. The van der Waals surface area contributed by atoms with E-state index in [1.807, 2.05) is 13.1 Å². The van der Waals surface area contributed by atoms with Crippen LogP contribution in [0.25, 0.3) is 10.9 Å². The minimum absolute atomic E-state index is 0.549. The third kappa shape index (κ3) is 1.44. The van der Waals surface area contributed by atoms with Crippen molar-refractivity contribution in [3.05, 3.63) is 29.7 Å². The molecule has 0 aromatic carbocycles. The van der Waals surface area contributed by atoms with Crippen LogP contribution in [0.3, 0.4) is 0 Å². The summed E-state index contributed by atoms with van der Waals surface area (Å²) in [5.41, 5.74) is 3.53. The molecular formula is C11H14N2. The molecule has 0 saturated heterocycles. The van der Waals surface area contributed by atoms with E-state index in [9.17, 15) is 0 Å². The Labute approximate surface area is 78.0 Å². The number of pyridine rings is 1. The molecule has 0 aliphatic rings. The second-order valence-corrected chi connectivity index (χ2v) is 3.79. The number of fused-ring (bicyclic) bond motifs is 1. The van der Waals surface area contributed by atoms with Crippen LogP contribution >= 0.6 is 0 Å². The van der Waals surface area contributed by atoms with Crippen LogP contribution in [-0.2, 0) is 0 Å². The summed E-state index contributed by atoms with van der Waals surface area (Å²) >= 11 is 0. The van der Waals surface area contributed by atoms with Crippen LogP contribution in [0.1, 0.15) is 31.2 Å². The van der Waals surface area contributed by atoms with Gasteiger partial charge in [-0.05, 0) is 25.0 Å². The van der Waals surface area contributed by atoms with Gasteiger partial charge in [-0.1, -0.05) is 13.8 Å². The Morgan fingerprint density at radius 1 is 1.31 bits per heavy atom. The third-order valence-corrected chi connectivity index (χ3v) is 2.28. The maximum atomic E-state index is 4.26. The van der Waals surface area contributed by atoms with E-state index in [4.69, 9.17) is 0 Å². The quantitative estimate of drug-likeness (QED) is 0.707. The molecule has 2 heterocycles. The van der Waals surface area contributed by atoms with Gasteiger partial charge in [0.15, 0.2) is 0 Å². The highest BCUT2D eigenvalue weighted by Gasteiger charge is 2.03. The minimum Gasteiger partial charge on any atom is -0.358 e. The number of aromatic amines is 1. The Bertz CT molecular complexity index is 427. The normalized spacial score (nSPS) is 11.4. The first-order chi connectivity index (χ1) is 6.16. The molecule has 0 atom stereocenters. The molecule has 0 fully saturated rings. The summed E-state index contributed by atoms with van der Waals surface area (Å²) in [6, 6.07) is 4.26. The van der Waals surface area contributed by atoms with Gasteiger partial charge in [0, 0.05) is 28.5 Å². The minimum atomic E-state index is 0.549. The monoisotopic (exact) mass is 174 g/mol. The van der Waals surface area contributed by atoms with E-state index in [0.29, 0.717) is 5.92 Å². The molecule has 2 heteroatoms. The maximum absolute atomic E-state index is 4.26. The smallest absolute Gasteiger partial charge is 0.0489 e. The van der Waals surface area contributed by atoms with Gasteiger partial charge in [-0.3, -0.25) is 4.98 Å². The Kier molecular flexibility index (Phi) is 1.83. The number of H-pyrrole nitrogens is 1. The topological polar surface area (TPSA) is 28.7 Å². The molecule has 0 unspecified atom stereocenters. The summed E-state index contributed by atoms with van der Waals surface area (Å²) in [6.07, 6.45) is 1.92. The average Bonchev–Trinajstić information content (AvgIpc) is 2.46. The molecule has 0 radical (unpaired) electrons. The van der Waals surface area contributed by atoms with Gasteiger partial charge in [0.05, 0.1) is 0 Å². The van der Waals surface area contributed by atoms with Gasteiger partial charge in [-0.2, -0.15) is 0 Å². The Morgan fingerprint density at radius 3 is 2.77 bits per heavy atom. The molecule has 2 aromatic heterocycles. The highest BCUT2D eigenvalue weighted by molar-refractivity contribution is 5.79. The molecule has 13 heavy (non-hydrogen) atoms. The first-order valence-corrected chi connectivity index (χ1v) is 4.62. The van der Waals surface area contributed by atoms with Crippen molar-refractivity contribution >= 4 is 10.9 Å². The molecule has 0 saturated carbocycles. The Morgan fingerprint density at radius 2 is 2.08 bits per heavy atom. The van der Waals surface area contributed by atoms with Gasteiger partial charge in [0.1, 0.15) is 0 Å². The predicted octanol–water partition coefficient (Wildman–Crippen LogP) is 2.99. The van der Waals surface area contributed by atoms with Crippen LogP contribution in [-0.4, -0.2) is 9.97 Å². The van der Waals surface area contributed by atoms with Crippen LogP contribution in [0.4, 0.5) is 0 Å². The largest absolute Gasteiger partial charge is 0.358 e. The summed E-state index contributed by atoms with van der Waals surface area (Å²) in [7, 11) is 0. The predicted molar refractivity (Wildman–Crippen MR) is 54.9 cm³/mol. The summed E-state index contributed by atoms with van der Waals surface area (Å²) in [5, 5.41) is 1.20. The highest BCUT2D eigenvalue weighted by Crippen LogP contribution is 2.20. The summed E-state index contributed by atoms with van der Waals surface area (Å²) in [5.74, 6) is 0.549. The molecule has 2 nitrogen and oxygen atoms in total. The molecule has 1 N–H and O–H groups in total. The Balaban J connectivity index is 2.62. The molecule has 0 aliphatic carbocycles. The SMILES string of the molecule is Cc1cc2[nH]c(C(C)C)cc2cn1. The van der Waals surface area contributed by atoms with Crippen molar-refractivity contribution in [1.29, 1.82) is 0 Å². The van der Waals surface area contributed by atoms with E-state index in [1.165, 1.54) is 16.6 Å². The van der Waals surface area contributed by atoms with Crippen molar-refractivity contribution in [3.8, 4) is 0 Å². The fourth-order valence-electron chi connectivity index (χ4n) is 1.46. The fourth-order valence-corrected chi connectivity index (χ4v) is 1.46. The van der Waals surface area contributed by atoms with Crippen molar-refractivity contribution in [1.82, 2.24) is 9.97 Å². The van der Waals surface area contributed by atoms with Gasteiger partial charge in [-0.15, -0.1) is 0 Å². The second kappa shape index (κ2) is 2.87. The van der Waals surface area contributed by atoms with Gasteiger partial charge in [0.25, 0.3) is 0 Å². The van der Waals surface area contributed by atoms with E-state index in [0.717, 1.165) is 5.69 Å². The summed E-state index contributed by atoms with van der Waals surface area (Å²) < 4.78 is 0. The number of hydrogen-bond donors (Lipinski definition) is 1. The maximum Gasteiger partial charge on any atom is 0.0489 e. The van der Waals surface area contributed by atoms with Crippen molar-refractivity contribution in [2.75, 3.05) is 0 Å². The lowest BCUT2D eigenvalue weighted by molar-refractivity contribution is 0.836. The molecule has 68 valence electrons. The second-order valence-electron chi connectivity index (χ2n) is 3.79.